The molecule has 28 heavy (non-hydrogen) atoms. The molecule has 0 saturated heterocycles. The highest BCUT2D eigenvalue weighted by molar-refractivity contribution is 7.98. The second-order valence-electron chi connectivity index (χ2n) is 6.08. The van der Waals surface area contributed by atoms with E-state index in [1.165, 1.54) is 23.1 Å². The number of rotatable bonds is 6. The van der Waals surface area contributed by atoms with Crippen molar-refractivity contribution in [2.45, 2.75) is 24.4 Å². The number of halogens is 1. The zero-order chi connectivity index (χ0) is 19.7. The van der Waals surface area contributed by atoms with Crippen LogP contribution in [0.1, 0.15) is 10.7 Å². The van der Waals surface area contributed by atoms with E-state index >= 15 is 0 Å². The van der Waals surface area contributed by atoms with Gasteiger partial charge in [0.2, 0.25) is 0 Å². The van der Waals surface area contributed by atoms with Crippen molar-refractivity contribution in [1.29, 1.82) is 0 Å². The lowest BCUT2D eigenvalue weighted by molar-refractivity contribution is 0.673. The number of thiophene rings is 1. The summed E-state index contributed by atoms with van der Waals surface area (Å²) in [5, 5.41) is 7.06. The number of thioether (sulfide) groups is 1. The molecule has 0 saturated carbocycles. The molecule has 4 aromatic rings. The SMILES string of the molecule is C=CCn1c(SCc2csc(C)n2)nc2scc(-c3ccc(Cl)cc3)c2c1=O. The van der Waals surface area contributed by atoms with Gasteiger partial charge in [-0.2, -0.15) is 0 Å². The minimum absolute atomic E-state index is 0.0481. The summed E-state index contributed by atoms with van der Waals surface area (Å²) in [7, 11) is 0. The van der Waals surface area contributed by atoms with Gasteiger partial charge in [-0.25, -0.2) is 9.97 Å². The number of nitrogens with zero attached hydrogens (tertiary/aromatic N) is 3. The van der Waals surface area contributed by atoms with Crippen LogP contribution in [0, 0.1) is 6.92 Å². The summed E-state index contributed by atoms with van der Waals surface area (Å²) in [6.07, 6.45) is 1.72. The molecule has 0 aliphatic heterocycles. The van der Waals surface area contributed by atoms with Crippen LogP contribution in [-0.2, 0) is 12.3 Å². The van der Waals surface area contributed by atoms with Crippen molar-refractivity contribution in [2.24, 2.45) is 0 Å². The molecule has 1 aromatic carbocycles. The van der Waals surface area contributed by atoms with Gasteiger partial charge >= 0.3 is 0 Å². The highest BCUT2D eigenvalue weighted by Crippen LogP contribution is 2.33. The molecule has 0 unspecified atom stereocenters. The van der Waals surface area contributed by atoms with Crippen LogP contribution in [0.2, 0.25) is 5.02 Å². The van der Waals surface area contributed by atoms with Gasteiger partial charge in [-0.3, -0.25) is 9.36 Å². The first kappa shape index (κ1) is 19.4. The van der Waals surface area contributed by atoms with E-state index in [1.807, 2.05) is 41.9 Å². The Hall–Kier alpha value is -1.93. The van der Waals surface area contributed by atoms with Gasteiger partial charge in [0.1, 0.15) is 4.83 Å². The normalized spacial score (nSPS) is 11.2. The lowest BCUT2D eigenvalue weighted by Crippen LogP contribution is -2.22. The van der Waals surface area contributed by atoms with Crippen molar-refractivity contribution < 1.29 is 0 Å². The van der Waals surface area contributed by atoms with E-state index in [2.05, 4.69) is 11.6 Å². The van der Waals surface area contributed by atoms with Gasteiger partial charge in [0.15, 0.2) is 5.16 Å². The second-order valence-corrected chi connectivity index (χ2v) is 9.38. The number of hydrogen-bond donors (Lipinski definition) is 0. The smallest absolute Gasteiger partial charge is 0.263 e. The Morgan fingerprint density at radius 1 is 1.21 bits per heavy atom. The van der Waals surface area contributed by atoms with E-state index in [0.717, 1.165) is 26.7 Å². The third-order valence-electron chi connectivity index (χ3n) is 4.14. The average Bonchev–Trinajstić information content (AvgIpc) is 3.29. The molecule has 4 rings (SSSR count). The van der Waals surface area contributed by atoms with E-state index in [1.54, 1.807) is 22.0 Å². The maximum absolute atomic E-state index is 13.3. The quantitative estimate of drug-likeness (QED) is 0.207. The summed E-state index contributed by atoms with van der Waals surface area (Å²) >= 11 is 10.6. The van der Waals surface area contributed by atoms with Gasteiger partial charge in [0, 0.05) is 33.6 Å². The first-order valence-corrected chi connectivity index (χ1v) is 11.6. The Morgan fingerprint density at radius 3 is 2.68 bits per heavy atom. The van der Waals surface area contributed by atoms with Gasteiger partial charge in [-0.15, -0.1) is 29.3 Å². The monoisotopic (exact) mass is 445 g/mol. The number of hydrogen-bond acceptors (Lipinski definition) is 6. The molecule has 3 aromatic heterocycles. The summed E-state index contributed by atoms with van der Waals surface area (Å²) in [6.45, 7) is 6.20. The summed E-state index contributed by atoms with van der Waals surface area (Å²) in [5.74, 6) is 0.675. The fourth-order valence-electron chi connectivity index (χ4n) is 2.86. The van der Waals surface area contributed by atoms with Crippen LogP contribution in [0.4, 0.5) is 0 Å². The molecule has 4 nitrogen and oxygen atoms in total. The van der Waals surface area contributed by atoms with Crippen molar-refractivity contribution >= 4 is 56.3 Å². The van der Waals surface area contributed by atoms with Crippen LogP contribution >= 0.6 is 46.0 Å². The van der Waals surface area contributed by atoms with Crippen LogP contribution in [0.5, 0.6) is 0 Å². The van der Waals surface area contributed by atoms with Crippen LogP contribution in [0.15, 0.2) is 57.6 Å². The number of aromatic nitrogens is 3. The summed E-state index contributed by atoms with van der Waals surface area (Å²) < 4.78 is 1.69. The number of allylic oxidation sites excluding steroid dienone is 1. The lowest BCUT2D eigenvalue weighted by atomic mass is 10.1. The number of aryl methyl sites for hydroxylation is 1. The summed E-state index contributed by atoms with van der Waals surface area (Å²) in [5.41, 5.74) is 2.80. The van der Waals surface area contributed by atoms with Gasteiger partial charge in [0.25, 0.3) is 5.56 Å². The van der Waals surface area contributed by atoms with Crippen LogP contribution in [0.25, 0.3) is 21.3 Å². The highest BCUT2D eigenvalue weighted by Gasteiger charge is 2.17. The lowest BCUT2D eigenvalue weighted by Gasteiger charge is -2.10. The molecule has 8 heteroatoms. The van der Waals surface area contributed by atoms with E-state index in [4.69, 9.17) is 16.6 Å². The average molecular weight is 446 g/mol. The van der Waals surface area contributed by atoms with Crippen molar-refractivity contribution in [1.82, 2.24) is 14.5 Å². The molecule has 0 atom stereocenters. The van der Waals surface area contributed by atoms with Gasteiger partial charge in [-0.1, -0.05) is 41.6 Å². The highest BCUT2D eigenvalue weighted by atomic mass is 35.5. The Bertz CT molecular complexity index is 1210. The zero-order valence-electron chi connectivity index (χ0n) is 15.0. The number of thiazole rings is 1. The van der Waals surface area contributed by atoms with Crippen LogP contribution in [0.3, 0.4) is 0 Å². The van der Waals surface area contributed by atoms with Gasteiger partial charge in [0.05, 0.1) is 16.1 Å². The van der Waals surface area contributed by atoms with Crippen molar-refractivity contribution in [3.63, 3.8) is 0 Å². The molecule has 3 heterocycles. The largest absolute Gasteiger partial charge is 0.283 e. The summed E-state index contributed by atoms with van der Waals surface area (Å²) in [6, 6.07) is 7.51. The zero-order valence-corrected chi connectivity index (χ0v) is 18.2. The standard InChI is InChI=1S/C20H16ClN3OS3/c1-3-8-24-19(25)17-16(13-4-6-14(21)7-5-13)11-27-18(17)23-20(24)28-10-15-9-26-12(2)22-15/h3-7,9,11H,1,8,10H2,2H3. The van der Waals surface area contributed by atoms with Gasteiger partial charge in [-0.05, 0) is 24.6 Å². The molecular formula is C20H16ClN3OS3. The Balaban J connectivity index is 1.79. The first-order valence-electron chi connectivity index (χ1n) is 8.49. The number of fused-ring (bicyclic) bond motifs is 1. The summed E-state index contributed by atoms with van der Waals surface area (Å²) in [4.78, 5) is 23.3. The molecule has 0 fully saturated rings. The molecule has 0 N–H and O–H groups in total. The van der Waals surface area contributed by atoms with Gasteiger partial charge < -0.3 is 0 Å². The van der Waals surface area contributed by atoms with Crippen molar-refractivity contribution in [3.8, 4) is 11.1 Å². The van der Waals surface area contributed by atoms with Crippen LogP contribution in [-0.4, -0.2) is 14.5 Å². The van der Waals surface area contributed by atoms with Crippen molar-refractivity contribution in [3.05, 3.63) is 73.8 Å². The predicted molar refractivity (Wildman–Crippen MR) is 121 cm³/mol. The van der Waals surface area contributed by atoms with Crippen LogP contribution < -0.4 is 5.56 Å². The third-order valence-corrected chi connectivity index (χ3v) is 7.10. The van der Waals surface area contributed by atoms with E-state index < -0.39 is 0 Å². The molecule has 0 radical (unpaired) electrons. The molecule has 0 aliphatic carbocycles. The maximum Gasteiger partial charge on any atom is 0.263 e. The van der Waals surface area contributed by atoms with E-state index in [9.17, 15) is 4.79 Å². The van der Waals surface area contributed by atoms with E-state index in [-0.39, 0.29) is 5.56 Å². The fourth-order valence-corrected chi connectivity index (χ4v) is 5.59. The Morgan fingerprint density at radius 2 is 2.00 bits per heavy atom. The Kier molecular flexibility index (Phi) is 5.68. The molecule has 0 spiro atoms. The number of benzene rings is 1. The van der Waals surface area contributed by atoms with Crippen molar-refractivity contribution in [2.75, 3.05) is 0 Å². The molecule has 0 bridgehead atoms. The van der Waals surface area contributed by atoms with E-state index in [0.29, 0.717) is 27.9 Å². The minimum Gasteiger partial charge on any atom is -0.283 e. The molecule has 0 aliphatic rings. The second kappa shape index (κ2) is 8.21. The Labute approximate surface area is 179 Å². The fraction of sp³-hybridized carbons (Fsp3) is 0.150. The molecule has 0 amide bonds. The predicted octanol–water partition coefficient (Wildman–Crippen LogP) is 6.02. The minimum atomic E-state index is -0.0481. The topological polar surface area (TPSA) is 47.8 Å². The molecule has 142 valence electrons. The first-order chi connectivity index (χ1) is 13.6. The maximum atomic E-state index is 13.3. The third kappa shape index (κ3) is 3.80. The molecular weight excluding hydrogens is 430 g/mol.